The van der Waals surface area contributed by atoms with Crippen LogP contribution in [0.2, 0.25) is 0 Å². The Morgan fingerprint density at radius 2 is 2.17 bits per heavy atom. The number of benzene rings is 1. The third-order valence-electron chi connectivity index (χ3n) is 4.01. The number of nitrogens with zero attached hydrogens (tertiary/aromatic N) is 4. The van der Waals surface area contributed by atoms with Crippen molar-refractivity contribution in [3.05, 3.63) is 36.2 Å². The number of rotatable bonds is 6. The predicted molar refractivity (Wildman–Crippen MR) is 93.8 cm³/mol. The first-order valence-corrected chi connectivity index (χ1v) is 8.67. The van der Waals surface area contributed by atoms with Gasteiger partial charge >= 0.3 is 0 Å². The van der Waals surface area contributed by atoms with Crippen LogP contribution in [0.15, 0.2) is 35.7 Å². The van der Waals surface area contributed by atoms with E-state index in [-0.39, 0.29) is 17.6 Å². The number of aryl methyl sites for hydroxylation is 1. The van der Waals surface area contributed by atoms with Gasteiger partial charge in [0.05, 0.1) is 17.5 Å². The van der Waals surface area contributed by atoms with E-state index in [2.05, 4.69) is 21.6 Å². The number of hydrogen-bond donors (Lipinski definition) is 1. The second-order valence-electron chi connectivity index (χ2n) is 6.08. The Hall–Kier alpha value is -2.33. The van der Waals surface area contributed by atoms with Crippen LogP contribution in [0.5, 0.6) is 0 Å². The van der Waals surface area contributed by atoms with Crippen LogP contribution in [-0.4, -0.2) is 32.0 Å². The molecule has 6 nitrogen and oxygen atoms in total. The standard InChI is InChI=1S/C17H21N5OS/c1-12(2)17(4,10-18)20-15(23)9-24-16-21-19-11-22(16)14-8-6-5-7-13(14)3/h5-8,11-12H,9H2,1-4H3,(H,20,23). The lowest BCUT2D eigenvalue weighted by molar-refractivity contribution is -0.120. The van der Waals surface area contributed by atoms with Crippen LogP contribution >= 0.6 is 11.8 Å². The Morgan fingerprint density at radius 1 is 1.46 bits per heavy atom. The lowest BCUT2D eigenvalue weighted by atomic mass is 9.90. The normalized spacial score (nSPS) is 13.3. The van der Waals surface area contributed by atoms with Crippen molar-refractivity contribution < 1.29 is 4.79 Å². The zero-order chi connectivity index (χ0) is 17.7. The first-order chi connectivity index (χ1) is 11.4. The van der Waals surface area contributed by atoms with E-state index in [0.717, 1.165) is 11.3 Å². The van der Waals surface area contributed by atoms with Crippen LogP contribution in [0.4, 0.5) is 0 Å². The molecule has 1 aromatic heterocycles. The van der Waals surface area contributed by atoms with Gasteiger partial charge in [-0.1, -0.05) is 43.8 Å². The maximum absolute atomic E-state index is 12.2. The van der Waals surface area contributed by atoms with E-state index < -0.39 is 5.54 Å². The number of nitrogens with one attached hydrogen (secondary N) is 1. The molecule has 7 heteroatoms. The fourth-order valence-corrected chi connectivity index (χ4v) is 2.80. The van der Waals surface area contributed by atoms with Gasteiger partial charge in [-0.15, -0.1) is 10.2 Å². The molecule has 1 heterocycles. The van der Waals surface area contributed by atoms with Gasteiger partial charge in [0.1, 0.15) is 11.9 Å². The molecule has 0 fully saturated rings. The molecule has 0 saturated heterocycles. The Bertz CT molecular complexity index is 764. The average molecular weight is 343 g/mol. The molecule has 0 aliphatic rings. The van der Waals surface area contributed by atoms with Crippen LogP contribution in [0.3, 0.4) is 0 Å². The van der Waals surface area contributed by atoms with E-state index >= 15 is 0 Å². The molecule has 0 aliphatic carbocycles. The van der Waals surface area contributed by atoms with Crippen molar-refractivity contribution in [2.24, 2.45) is 5.92 Å². The van der Waals surface area contributed by atoms with E-state index in [4.69, 9.17) is 0 Å². The molecular weight excluding hydrogens is 322 g/mol. The molecule has 2 rings (SSSR count). The first-order valence-electron chi connectivity index (χ1n) is 7.68. The molecule has 1 unspecified atom stereocenters. The van der Waals surface area contributed by atoms with E-state index in [9.17, 15) is 10.1 Å². The highest BCUT2D eigenvalue weighted by atomic mass is 32.2. The second-order valence-corrected chi connectivity index (χ2v) is 7.02. The van der Waals surface area contributed by atoms with Crippen LogP contribution in [0, 0.1) is 24.2 Å². The van der Waals surface area contributed by atoms with Gasteiger partial charge in [-0.2, -0.15) is 5.26 Å². The Balaban J connectivity index is 2.07. The lowest BCUT2D eigenvalue weighted by Gasteiger charge is -2.27. The molecule has 1 N–H and O–H groups in total. The van der Waals surface area contributed by atoms with Crippen LogP contribution < -0.4 is 5.32 Å². The van der Waals surface area contributed by atoms with Gasteiger partial charge < -0.3 is 5.32 Å². The number of aromatic nitrogens is 3. The number of carbonyl (C=O) groups excluding carboxylic acids is 1. The summed E-state index contributed by atoms with van der Waals surface area (Å²) in [7, 11) is 0. The van der Waals surface area contributed by atoms with Crippen molar-refractivity contribution in [1.82, 2.24) is 20.1 Å². The Kier molecular flexibility index (Phi) is 5.62. The summed E-state index contributed by atoms with van der Waals surface area (Å²) in [6, 6.07) is 10.1. The van der Waals surface area contributed by atoms with Crippen LogP contribution in [-0.2, 0) is 4.79 Å². The quantitative estimate of drug-likeness (QED) is 0.815. The molecular formula is C17H21N5OS. The zero-order valence-corrected chi connectivity index (χ0v) is 15.1. The third kappa shape index (κ3) is 3.95. The molecule has 0 aliphatic heterocycles. The maximum atomic E-state index is 12.2. The van der Waals surface area contributed by atoms with Gasteiger partial charge in [-0.25, -0.2) is 0 Å². The summed E-state index contributed by atoms with van der Waals surface area (Å²) in [4.78, 5) is 12.2. The van der Waals surface area contributed by atoms with Crippen molar-refractivity contribution >= 4 is 17.7 Å². The van der Waals surface area contributed by atoms with Crippen molar-refractivity contribution in [2.45, 2.75) is 38.4 Å². The number of hydrogen-bond acceptors (Lipinski definition) is 5. The van der Waals surface area contributed by atoms with E-state index in [1.54, 1.807) is 13.3 Å². The highest BCUT2D eigenvalue weighted by Gasteiger charge is 2.30. The number of carbonyl (C=O) groups is 1. The van der Waals surface area contributed by atoms with Gasteiger partial charge in [-0.05, 0) is 31.4 Å². The topological polar surface area (TPSA) is 83.6 Å². The monoisotopic (exact) mass is 343 g/mol. The highest BCUT2D eigenvalue weighted by Crippen LogP contribution is 2.22. The SMILES string of the molecule is Cc1ccccc1-n1cnnc1SCC(=O)NC(C)(C#N)C(C)C. The summed E-state index contributed by atoms with van der Waals surface area (Å²) in [5.41, 5.74) is 1.20. The molecule has 1 atom stereocenters. The summed E-state index contributed by atoms with van der Waals surface area (Å²) in [5.74, 6) is -0.00155. The Morgan fingerprint density at radius 3 is 2.79 bits per heavy atom. The van der Waals surface area contributed by atoms with Crippen LogP contribution in [0.1, 0.15) is 26.3 Å². The summed E-state index contributed by atoms with van der Waals surface area (Å²) in [5, 5.41) is 20.8. The number of amides is 1. The summed E-state index contributed by atoms with van der Waals surface area (Å²) in [6.45, 7) is 7.56. The fraction of sp³-hybridized carbons (Fsp3) is 0.412. The minimum Gasteiger partial charge on any atom is -0.337 e. The van der Waals surface area contributed by atoms with Crippen molar-refractivity contribution in [3.63, 3.8) is 0 Å². The molecule has 1 aromatic carbocycles. The number of para-hydroxylation sites is 1. The summed E-state index contributed by atoms with van der Waals surface area (Å²) >= 11 is 1.30. The van der Waals surface area contributed by atoms with Gasteiger partial charge in [-0.3, -0.25) is 9.36 Å². The molecule has 0 radical (unpaired) electrons. The van der Waals surface area contributed by atoms with E-state index in [1.807, 2.05) is 49.6 Å². The van der Waals surface area contributed by atoms with Crippen molar-refractivity contribution in [1.29, 1.82) is 5.26 Å². The molecule has 24 heavy (non-hydrogen) atoms. The highest BCUT2D eigenvalue weighted by molar-refractivity contribution is 7.99. The lowest BCUT2D eigenvalue weighted by Crippen LogP contribution is -2.49. The Labute approximate surface area is 146 Å². The van der Waals surface area contributed by atoms with Crippen LogP contribution in [0.25, 0.3) is 5.69 Å². The largest absolute Gasteiger partial charge is 0.337 e. The van der Waals surface area contributed by atoms with E-state index in [1.165, 1.54) is 11.8 Å². The third-order valence-corrected chi connectivity index (χ3v) is 4.95. The molecule has 0 bridgehead atoms. The summed E-state index contributed by atoms with van der Waals surface area (Å²) in [6.07, 6.45) is 1.64. The van der Waals surface area contributed by atoms with Gasteiger partial charge in [0.2, 0.25) is 5.91 Å². The van der Waals surface area contributed by atoms with Gasteiger partial charge in [0.25, 0.3) is 0 Å². The van der Waals surface area contributed by atoms with E-state index in [0.29, 0.717) is 5.16 Å². The van der Waals surface area contributed by atoms with Crippen molar-refractivity contribution in [3.8, 4) is 11.8 Å². The smallest absolute Gasteiger partial charge is 0.231 e. The summed E-state index contributed by atoms with van der Waals surface area (Å²) < 4.78 is 1.86. The first kappa shape index (κ1) is 18.0. The molecule has 0 spiro atoms. The predicted octanol–water partition coefficient (Wildman–Crippen LogP) is 2.72. The minimum absolute atomic E-state index is 0.0204. The minimum atomic E-state index is -0.874. The molecule has 0 saturated carbocycles. The fourth-order valence-electron chi connectivity index (χ4n) is 2.08. The molecule has 2 aromatic rings. The molecule has 126 valence electrons. The number of thioether (sulfide) groups is 1. The average Bonchev–Trinajstić information content (AvgIpc) is 3.01. The number of nitriles is 1. The zero-order valence-electron chi connectivity index (χ0n) is 14.3. The van der Waals surface area contributed by atoms with Gasteiger partial charge in [0, 0.05) is 0 Å². The van der Waals surface area contributed by atoms with Gasteiger partial charge in [0.15, 0.2) is 5.16 Å². The second kappa shape index (κ2) is 7.49. The van der Waals surface area contributed by atoms with Crippen molar-refractivity contribution in [2.75, 3.05) is 5.75 Å². The maximum Gasteiger partial charge on any atom is 0.231 e. The molecule has 1 amide bonds.